The molecule has 10 heteroatoms. The molecule has 5 rings (SSSR count). The van der Waals surface area contributed by atoms with Gasteiger partial charge in [-0.3, -0.25) is 23.7 Å². The Morgan fingerprint density at radius 2 is 1.58 bits per heavy atom. The Hall–Kier alpha value is -3.43. The molecule has 2 N–H and O–H groups in total. The summed E-state index contributed by atoms with van der Waals surface area (Å²) in [6.45, 7) is 0.655. The molecule has 2 fully saturated rings. The molecule has 2 aliphatic rings. The molecular formula is C28H29ClN4O4S. The van der Waals surface area contributed by atoms with Crippen LogP contribution in [0.25, 0.3) is 5.69 Å². The van der Waals surface area contributed by atoms with Crippen LogP contribution in [-0.4, -0.2) is 52.4 Å². The smallest absolute Gasteiger partial charge is 0.261 e. The Morgan fingerprint density at radius 1 is 0.895 bits per heavy atom. The van der Waals surface area contributed by atoms with Crippen molar-refractivity contribution in [2.24, 2.45) is 5.92 Å². The van der Waals surface area contributed by atoms with Gasteiger partial charge in [0.2, 0.25) is 5.91 Å². The monoisotopic (exact) mass is 552 g/mol. The lowest BCUT2D eigenvalue weighted by atomic mass is 10.0. The van der Waals surface area contributed by atoms with Gasteiger partial charge < -0.3 is 15.5 Å². The Bertz CT molecular complexity index is 1380. The first kappa shape index (κ1) is 26.2. The predicted octanol–water partition coefficient (Wildman–Crippen LogP) is 3.87. The van der Waals surface area contributed by atoms with Crippen molar-refractivity contribution in [2.45, 2.75) is 44.2 Å². The number of nitrogens with one attached hydrogen (secondary N) is 2. The molecule has 1 aliphatic heterocycles. The molecule has 2 aromatic heterocycles. The molecule has 3 aromatic rings. The zero-order valence-electron chi connectivity index (χ0n) is 20.8. The Morgan fingerprint density at radius 3 is 2.21 bits per heavy atom. The van der Waals surface area contributed by atoms with Crippen LogP contribution in [0.2, 0.25) is 4.34 Å². The zero-order chi connectivity index (χ0) is 26.6. The predicted molar refractivity (Wildman–Crippen MR) is 147 cm³/mol. The fourth-order valence-electron chi connectivity index (χ4n) is 5.23. The van der Waals surface area contributed by atoms with Crippen LogP contribution >= 0.6 is 22.9 Å². The first-order valence-electron chi connectivity index (χ1n) is 12.8. The Kier molecular flexibility index (Phi) is 7.95. The van der Waals surface area contributed by atoms with E-state index in [0.29, 0.717) is 45.9 Å². The first-order chi connectivity index (χ1) is 18.4. The summed E-state index contributed by atoms with van der Waals surface area (Å²) in [6.07, 6.45) is 6.64. The highest BCUT2D eigenvalue weighted by Gasteiger charge is 2.38. The maximum atomic E-state index is 13.2. The number of halogens is 1. The molecule has 8 nitrogen and oxygen atoms in total. The van der Waals surface area contributed by atoms with Gasteiger partial charge in [-0.15, -0.1) is 11.3 Å². The largest absolute Gasteiger partial charge is 0.345 e. The summed E-state index contributed by atoms with van der Waals surface area (Å²) in [6, 6.07) is 14.1. The van der Waals surface area contributed by atoms with Crippen molar-refractivity contribution in [2.75, 3.05) is 13.1 Å². The zero-order valence-corrected chi connectivity index (χ0v) is 22.3. The van der Waals surface area contributed by atoms with Gasteiger partial charge in [-0.05, 0) is 61.2 Å². The molecule has 3 heterocycles. The van der Waals surface area contributed by atoms with E-state index in [1.165, 1.54) is 22.0 Å². The number of amides is 3. The lowest BCUT2D eigenvalue weighted by Gasteiger charge is -2.20. The Balaban J connectivity index is 1.29. The van der Waals surface area contributed by atoms with E-state index in [2.05, 4.69) is 10.6 Å². The fraction of sp³-hybridized carbons (Fsp3) is 0.357. The third kappa shape index (κ3) is 6.00. The minimum Gasteiger partial charge on any atom is -0.345 e. The molecule has 3 amide bonds. The normalized spacial score (nSPS) is 19.4. The standard InChI is InChI=1S/C28H29ClN4O4S/c29-24-13-12-23(38-24)28(37)31-22-17-32(26(35)15-18-5-1-2-6-18)16-21(22)30-27(36)19-8-10-20(11-9-19)33-14-4-3-7-25(33)34/h3-4,7-14,18,21-22H,1-2,5-6,15-17H2,(H,30,36)(H,31,37)/t21-,22-/m1/s1. The van der Waals surface area contributed by atoms with Crippen LogP contribution < -0.4 is 16.2 Å². The van der Waals surface area contributed by atoms with Gasteiger partial charge >= 0.3 is 0 Å². The van der Waals surface area contributed by atoms with Crippen LogP contribution in [0.4, 0.5) is 0 Å². The van der Waals surface area contributed by atoms with Crippen LogP contribution in [0.1, 0.15) is 52.1 Å². The maximum absolute atomic E-state index is 13.2. The van der Waals surface area contributed by atoms with Gasteiger partial charge in [-0.2, -0.15) is 0 Å². The first-order valence-corrected chi connectivity index (χ1v) is 14.0. The number of carbonyl (C=O) groups is 3. The highest BCUT2D eigenvalue weighted by atomic mass is 35.5. The summed E-state index contributed by atoms with van der Waals surface area (Å²) in [4.78, 5) is 53.4. The third-order valence-electron chi connectivity index (χ3n) is 7.27. The van der Waals surface area contributed by atoms with Gasteiger partial charge in [0, 0.05) is 43.0 Å². The molecule has 0 radical (unpaired) electrons. The highest BCUT2D eigenvalue weighted by Crippen LogP contribution is 2.29. The van der Waals surface area contributed by atoms with Gasteiger partial charge in [0.1, 0.15) is 0 Å². The number of likely N-dealkylation sites (tertiary alicyclic amines) is 1. The lowest BCUT2D eigenvalue weighted by Crippen LogP contribution is -2.50. The number of hydrogen-bond acceptors (Lipinski definition) is 5. The van der Waals surface area contributed by atoms with Crippen molar-refractivity contribution >= 4 is 40.7 Å². The highest BCUT2D eigenvalue weighted by molar-refractivity contribution is 7.18. The van der Waals surface area contributed by atoms with E-state index in [9.17, 15) is 19.2 Å². The molecule has 1 saturated heterocycles. The fourth-order valence-corrected chi connectivity index (χ4v) is 6.18. The van der Waals surface area contributed by atoms with Gasteiger partial charge in [-0.25, -0.2) is 0 Å². The lowest BCUT2D eigenvalue weighted by molar-refractivity contribution is -0.131. The van der Waals surface area contributed by atoms with Crippen molar-refractivity contribution in [1.82, 2.24) is 20.1 Å². The number of hydrogen-bond donors (Lipinski definition) is 2. The van der Waals surface area contributed by atoms with E-state index in [1.54, 1.807) is 59.6 Å². The van der Waals surface area contributed by atoms with E-state index < -0.39 is 12.1 Å². The third-order valence-corrected chi connectivity index (χ3v) is 8.50. The van der Waals surface area contributed by atoms with Gasteiger partial charge in [-0.1, -0.05) is 30.5 Å². The van der Waals surface area contributed by atoms with Gasteiger partial charge in [0.25, 0.3) is 17.4 Å². The van der Waals surface area contributed by atoms with Crippen molar-refractivity contribution < 1.29 is 14.4 Å². The van der Waals surface area contributed by atoms with Gasteiger partial charge in [0.05, 0.1) is 21.3 Å². The van der Waals surface area contributed by atoms with Crippen LogP contribution in [0.5, 0.6) is 0 Å². The number of rotatable bonds is 7. The molecule has 1 saturated carbocycles. The number of carbonyl (C=O) groups excluding carboxylic acids is 3. The van der Waals surface area contributed by atoms with Crippen LogP contribution in [0, 0.1) is 5.92 Å². The summed E-state index contributed by atoms with van der Waals surface area (Å²) in [5.41, 5.74) is 0.906. The van der Waals surface area contributed by atoms with Crippen molar-refractivity contribution in [3.05, 3.63) is 85.9 Å². The molecule has 38 heavy (non-hydrogen) atoms. The summed E-state index contributed by atoms with van der Waals surface area (Å²) >= 11 is 7.18. The minimum atomic E-state index is -0.453. The van der Waals surface area contributed by atoms with Gasteiger partial charge in [0.15, 0.2) is 0 Å². The molecule has 0 unspecified atom stereocenters. The van der Waals surface area contributed by atoms with Crippen LogP contribution in [-0.2, 0) is 4.79 Å². The molecule has 1 aliphatic carbocycles. The van der Waals surface area contributed by atoms with E-state index in [1.807, 2.05) is 0 Å². The van der Waals surface area contributed by atoms with Crippen molar-refractivity contribution in [3.8, 4) is 5.69 Å². The summed E-state index contributed by atoms with van der Waals surface area (Å²) in [5.74, 6) is -0.128. The average Bonchev–Trinajstić information content (AvgIpc) is 3.67. The minimum absolute atomic E-state index is 0.0599. The number of pyridine rings is 1. The Labute approximate surface area is 229 Å². The molecule has 0 spiro atoms. The van der Waals surface area contributed by atoms with Crippen molar-refractivity contribution in [3.63, 3.8) is 0 Å². The van der Waals surface area contributed by atoms with E-state index in [-0.39, 0.29) is 23.3 Å². The number of aromatic nitrogens is 1. The number of benzene rings is 1. The quantitative estimate of drug-likeness (QED) is 0.464. The summed E-state index contributed by atoms with van der Waals surface area (Å²) in [5, 5.41) is 6.01. The maximum Gasteiger partial charge on any atom is 0.261 e. The molecule has 2 atom stereocenters. The SMILES string of the molecule is O=C(N[C@@H]1CN(C(=O)CC2CCCC2)C[C@H]1NC(=O)c1ccc(Cl)s1)c1ccc(-n2ccccc2=O)cc1. The molecule has 0 bridgehead atoms. The topological polar surface area (TPSA) is 101 Å². The second-order valence-corrected chi connectivity index (χ2v) is 11.6. The second-order valence-electron chi connectivity index (χ2n) is 9.87. The van der Waals surface area contributed by atoms with E-state index >= 15 is 0 Å². The van der Waals surface area contributed by atoms with E-state index in [0.717, 1.165) is 25.7 Å². The summed E-state index contributed by atoms with van der Waals surface area (Å²) in [7, 11) is 0. The van der Waals surface area contributed by atoms with Crippen LogP contribution in [0.3, 0.4) is 0 Å². The summed E-state index contributed by atoms with van der Waals surface area (Å²) < 4.78 is 2.01. The molecular weight excluding hydrogens is 524 g/mol. The molecule has 198 valence electrons. The number of nitrogens with zero attached hydrogens (tertiary/aromatic N) is 2. The van der Waals surface area contributed by atoms with E-state index in [4.69, 9.17) is 11.6 Å². The average molecular weight is 553 g/mol. The second kappa shape index (κ2) is 11.5. The van der Waals surface area contributed by atoms with Crippen molar-refractivity contribution in [1.29, 1.82) is 0 Å². The molecule has 1 aromatic carbocycles. The van der Waals surface area contributed by atoms with Crippen LogP contribution in [0.15, 0.2) is 65.6 Å². The number of thiophene rings is 1.